The molecule has 2 atom stereocenters. The first-order valence-electron chi connectivity index (χ1n) is 12.6. The number of amides is 1. The van der Waals surface area contributed by atoms with Gasteiger partial charge in [-0.3, -0.25) is 9.48 Å². The molecule has 1 saturated carbocycles. The zero-order valence-corrected chi connectivity index (χ0v) is 19.9. The molecule has 2 saturated heterocycles. The van der Waals surface area contributed by atoms with Gasteiger partial charge in [0.25, 0.3) is 12.3 Å². The predicted octanol–water partition coefficient (Wildman–Crippen LogP) is 3.17. The highest BCUT2D eigenvalue weighted by Gasteiger charge is 2.39. The molecule has 1 amide bonds. The molecule has 1 aliphatic carbocycles. The summed E-state index contributed by atoms with van der Waals surface area (Å²) in [6, 6.07) is 2.17. The van der Waals surface area contributed by atoms with Gasteiger partial charge in [0.1, 0.15) is 11.4 Å². The van der Waals surface area contributed by atoms with Crippen LogP contribution in [-0.4, -0.2) is 62.1 Å². The molecule has 2 aliphatic heterocycles. The van der Waals surface area contributed by atoms with Gasteiger partial charge >= 0.3 is 0 Å². The Bertz CT molecular complexity index is 1250. The van der Waals surface area contributed by atoms with Crippen molar-refractivity contribution in [2.24, 2.45) is 11.7 Å². The lowest BCUT2D eigenvalue weighted by Crippen LogP contribution is -2.37. The van der Waals surface area contributed by atoms with Crippen LogP contribution in [0.3, 0.4) is 0 Å². The van der Waals surface area contributed by atoms with Crippen molar-refractivity contribution >= 4 is 23.1 Å². The molecule has 192 valence electrons. The van der Waals surface area contributed by atoms with Crippen LogP contribution in [0.1, 0.15) is 67.0 Å². The smallest absolute Gasteiger partial charge is 0.284 e. The zero-order chi connectivity index (χ0) is 24.8. The monoisotopic (exact) mass is 500 g/mol. The minimum Gasteiger partial charge on any atom is -0.374 e. The first-order valence-corrected chi connectivity index (χ1v) is 12.6. The van der Waals surface area contributed by atoms with Crippen LogP contribution in [0, 0.1) is 5.92 Å². The summed E-state index contributed by atoms with van der Waals surface area (Å²) in [5.74, 6) is 0.778. The van der Waals surface area contributed by atoms with Crippen LogP contribution in [0.5, 0.6) is 0 Å². The van der Waals surface area contributed by atoms with E-state index in [4.69, 9.17) is 10.5 Å². The largest absolute Gasteiger partial charge is 0.374 e. The van der Waals surface area contributed by atoms with E-state index in [0.717, 1.165) is 50.9 Å². The van der Waals surface area contributed by atoms with E-state index in [1.54, 1.807) is 10.9 Å². The van der Waals surface area contributed by atoms with Crippen molar-refractivity contribution in [2.75, 3.05) is 29.9 Å². The summed E-state index contributed by atoms with van der Waals surface area (Å²) in [7, 11) is 0. The van der Waals surface area contributed by atoms with E-state index in [1.807, 2.05) is 6.07 Å². The number of aromatic nitrogens is 5. The molecule has 10 nitrogen and oxygen atoms in total. The molecular formula is C24H30F2N8O2. The molecule has 3 N–H and O–H groups in total. The second-order valence-electron chi connectivity index (χ2n) is 10.0. The number of rotatable bonds is 7. The maximum atomic E-state index is 13.8. The molecule has 0 aromatic carbocycles. The lowest BCUT2D eigenvalue weighted by molar-refractivity contribution is 0.0988. The number of carbonyl (C=O) groups excluding carboxylic acids is 1. The van der Waals surface area contributed by atoms with E-state index >= 15 is 0 Å². The summed E-state index contributed by atoms with van der Waals surface area (Å²) in [6.07, 6.45) is 7.74. The van der Waals surface area contributed by atoms with Gasteiger partial charge in [0.2, 0.25) is 0 Å². The number of nitrogens with one attached hydrogen (secondary N) is 1. The normalized spacial score (nSPS) is 25.8. The summed E-state index contributed by atoms with van der Waals surface area (Å²) in [5.41, 5.74) is 5.86. The summed E-state index contributed by atoms with van der Waals surface area (Å²) in [6.45, 7) is 2.09. The highest BCUT2D eigenvalue weighted by atomic mass is 19.3. The minimum atomic E-state index is -2.81. The average Bonchev–Trinajstić information content (AvgIpc) is 3.67. The Labute approximate surface area is 206 Å². The number of alkyl halides is 2. The topological polar surface area (TPSA) is 116 Å². The van der Waals surface area contributed by atoms with E-state index < -0.39 is 18.0 Å². The Morgan fingerprint density at radius 2 is 2.08 bits per heavy atom. The Balaban J connectivity index is 1.22. The van der Waals surface area contributed by atoms with Gasteiger partial charge in [-0.05, 0) is 57.1 Å². The molecule has 6 rings (SSSR count). The molecule has 3 aromatic heterocycles. The standard InChI is InChI=1S/C24H30F2N8O2/c25-22(26)21-19(12-34(31-21)15-3-1-14(2-4-15)5-7-27)29-24(35)18-10-28-33-8-6-20(30-23(18)33)32-11-17-9-16(32)13-36-17/h6,8,10,12,14-17,22H,1-5,7,9,11,13,27H2,(H,29,35)/t14?,15?,16-,17-/m1/s1. The van der Waals surface area contributed by atoms with Crippen molar-refractivity contribution in [2.45, 2.75) is 63.1 Å². The molecule has 5 heterocycles. The number of hydrogen-bond acceptors (Lipinski definition) is 7. The Morgan fingerprint density at radius 1 is 1.25 bits per heavy atom. The van der Waals surface area contributed by atoms with Crippen molar-refractivity contribution in [1.82, 2.24) is 24.4 Å². The van der Waals surface area contributed by atoms with Crippen LogP contribution >= 0.6 is 0 Å². The predicted molar refractivity (Wildman–Crippen MR) is 128 cm³/mol. The highest BCUT2D eigenvalue weighted by Crippen LogP contribution is 2.36. The van der Waals surface area contributed by atoms with Gasteiger partial charge < -0.3 is 20.7 Å². The first-order chi connectivity index (χ1) is 17.5. The Hall–Kier alpha value is -3.12. The van der Waals surface area contributed by atoms with E-state index in [0.29, 0.717) is 24.7 Å². The summed E-state index contributed by atoms with van der Waals surface area (Å²) >= 11 is 0. The third-order valence-electron chi connectivity index (χ3n) is 7.77. The van der Waals surface area contributed by atoms with E-state index in [1.165, 1.54) is 16.9 Å². The van der Waals surface area contributed by atoms with Crippen LogP contribution in [0.15, 0.2) is 24.7 Å². The van der Waals surface area contributed by atoms with Crippen molar-refractivity contribution in [3.05, 3.63) is 35.9 Å². The number of anilines is 2. The van der Waals surface area contributed by atoms with E-state index in [-0.39, 0.29) is 29.4 Å². The fraction of sp³-hybridized carbons (Fsp3) is 0.583. The number of ether oxygens (including phenoxy) is 1. The molecule has 0 radical (unpaired) electrons. The second-order valence-corrected chi connectivity index (χ2v) is 10.0. The Kier molecular flexibility index (Phi) is 6.08. The maximum absolute atomic E-state index is 13.8. The number of hydrogen-bond donors (Lipinski definition) is 2. The lowest BCUT2D eigenvalue weighted by atomic mass is 9.84. The molecule has 3 aliphatic rings. The fourth-order valence-electron chi connectivity index (χ4n) is 5.83. The van der Waals surface area contributed by atoms with Crippen molar-refractivity contribution in [3.63, 3.8) is 0 Å². The second kappa shape index (κ2) is 9.40. The van der Waals surface area contributed by atoms with Gasteiger partial charge in [-0.25, -0.2) is 18.3 Å². The van der Waals surface area contributed by atoms with Crippen molar-refractivity contribution in [1.29, 1.82) is 0 Å². The van der Waals surface area contributed by atoms with Gasteiger partial charge in [0.15, 0.2) is 11.3 Å². The number of nitrogens with two attached hydrogens (primary N) is 1. The fourth-order valence-corrected chi connectivity index (χ4v) is 5.83. The number of carbonyl (C=O) groups is 1. The summed E-state index contributed by atoms with van der Waals surface area (Å²) in [4.78, 5) is 20.1. The average molecular weight is 501 g/mol. The summed E-state index contributed by atoms with van der Waals surface area (Å²) < 4.78 is 36.4. The van der Waals surface area contributed by atoms with Gasteiger partial charge in [0.05, 0.1) is 36.7 Å². The van der Waals surface area contributed by atoms with Gasteiger partial charge in [0, 0.05) is 18.9 Å². The molecule has 3 fully saturated rings. The number of morpholine rings is 1. The van der Waals surface area contributed by atoms with Gasteiger partial charge in [-0.2, -0.15) is 10.2 Å². The Morgan fingerprint density at radius 3 is 2.78 bits per heavy atom. The molecule has 12 heteroatoms. The van der Waals surface area contributed by atoms with E-state index in [2.05, 4.69) is 25.4 Å². The first kappa shape index (κ1) is 23.3. The highest BCUT2D eigenvalue weighted by molar-refractivity contribution is 6.08. The summed E-state index contributed by atoms with van der Waals surface area (Å²) in [5, 5.41) is 11.0. The van der Waals surface area contributed by atoms with Gasteiger partial charge in [-0.15, -0.1) is 0 Å². The van der Waals surface area contributed by atoms with Crippen molar-refractivity contribution in [3.8, 4) is 0 Å². The van der Waals surface area contributed by atoms with Crippen molar-refractivity contribution < 1.29 is 18.3 Å². The number of nitrogens with zero attached hydrogens (tertiary/aromatic N) is 6. The molecule has 2 bridgehead atoms. The molecule has 0 spiro atoms. The van der Waals surface area contributed by atoms with Crippen LogP contribution in [0.25, 0.3) is 5.65 Å². The van der Waals surface area contributed by atoms with Crippen LogP contribution in [-0.2, 0) is 4.74 Å². The number of halogens is 2. The molecular weight excluding hydrogens is 470 g/mol. The third-order valence-corrected chi connectivity index (χ3v) is 7.77. The maximum Gasteiger partial charge on any atom is 0.284 e. The quantitative estimate of drug-likeness (QED) is 0.512. The molecule has 0 unspecified atom stereocenters. The minimum absolute atomic E-state index is 0.0172. The van der Waals surface area contributed by atoms with Crippen LogP contribution in [0.4, 0.5) is 20.3 Å². The lowest BCUT2D eigenvalue weighted by Gasteiger charge is -2.28. The molecule has 36 heavy (non-hydrogen) atoms. The van der Waals surface area contributed by atoms with E-state index in [9.17, 15) is 13.6 Å². The number of fused-ring (bicyclic) bond motifs is 3. The van der Waals surface area contributed by atoms with Crippen LogP contribution in [0.2, 0.25) is 0 Å². The van der Waals surface area contributed by atoms with Crippen LogP contribution < -0.4 is 16.0 Å². The van der Waals surface area contributed by atoms with Gasteiger partial charge in [-0.1, -0.05) is 0 Å². The SMILES string of the molecule is NCCC1CCC(n2cc(NC(=O)c3cnn4ccc(N5C[C@H]6C[C@@H]5CO6)nc34)c(C(F)F)n2)CC1. The zero-order valence-electron chi connectivity index (χ0n) is 19.9. The third kappa shape index (κ3) is 4.21. The molecule has 3 aromatic rings.